The van der Waals surface area contributed by atoms with Gasteiger partial charge in [0.25, 0.3) is 0 Å². The third-order valence-electron chi connectivity index (χ3n) is 1.62. The van der Waals surface area contributed by atoms with Gasteiger partial charge in [0.15, 0.2) is 0 Å². The Hall–Kier alpha value is 0.01000. The monoisotopic (exact) mass is 274 g/mol. The van der Waals surface area contributed by atoms with Gasteiger partial charge in [0, 0.05) is 14.1 Å². The van der Waals surface area contributed by atoms with Crippen LogP contribution in [0.1, 0.15) is 26.3 Å². The van der Waals surface area contributed by atoms with E-state index in [0.717, 1.165) is 14.9 Å². The molecule has 0 aliphatic heterocycles. The maximum absolute atomic E-state index is 9.18. The summed E-state index contributed by atoms with van der Waals surface area (Å²) in [5, 5.41) is 9.18. The Morgan fingerprint density at radius 1 is 1.36 bits per heavy atom. The highest BCUT2D eigenvalue weighted by atomic mass is 79.9. The molecule has 0 fully saturated rings. The highest BCUT2D eigenvalue weighted by molar-refractivity contribution is 9.10. The van der Waals surface area contributed by atoms with E-state index >= 15 is 0 Å². The van der Waals surface area contributed by atoms with Crippen LogP contribution in [0.25, 0.3) is 0 Å². The summed E-state index contributed by atoms with van der Waals surface area (Å²) in [6.45, 7) is 6.60. The van der Waals surface area contributed by atoms with Crippen molar-refractivity contribution in [2.75, 3.05) is 0 Å². The molecule has 0 atom stereocenters. The van der Waals surface area contributed by atoms with E-state index in [9.17, 15) is 5.11 Å². The lowest BCUT2D eigenvalue weighted by Crippen LogP contribution is -2.07. The van der Waals surface area contributed by atoms with Gasteiger partial charge >= 0.3 is 0 Å². The molecule has 0 saturated heterocycles. The first-order chi connectivity index (χ1) is 6.42. The summed E-state index contributed by atoms with van der Waals surface area (Å²) in [6.07, 6.45) is 0. The van der Waals surface area contributed by atoms with Crippen LogP contribution in [0.5, 0.6) is 0 Å². The van der Waals surface area contributed by atoms with Crippen molar-refractivity contribution in [2.24, 2.45) is 0 Å². The van der Waals surface area contributed by atoms with Gasteiger partial charge < -0.3 is 5.11 Å². The van der Waals surface area contributed by atoms with Crippen molar-refractivity contribution >= 4 is 27.7 Å². The second-order valence-electron chi connectivity index (χ2n) is 4.12. The Labute approximate surface area is 98.0 Å². The molecule has 0 spiro atoms. The number of rotatable bonds is 2. The Morgan fingerprint density at radius 3 is 2.50 bits per heavy atom. The van der Waals surface area contributed by atoms with E-state index in [1.165, 1.54) is 0 Å². The van der Waals surface area contributed by atoms with Crippen molar-refractivity contribution in [3.8, 4) is 0 Å². The molecule has 0 unspecified atom stereocenters. The SMILES string of the molecule is CC(C)(C)Sc1cc(Br)ccc1CO. The first-order valence-corrected chi connectivity index (χ1v) is 6.11. The second kappa shape index (κ2) is 4.69. The average molecular weight is 275 g/mol. The largest absolute Gasteiger partial charge is 0.392 e. The predicted octanol–water partition coefficient (Wildman–Crippen LogP) is 3.83. The Kier molecular flexibility index (Phi) is 4.04. The third-order valence-corrected chi connectivity index (χ3v) is 3.32. The van der Waals surface area contributed by atoms with Gasteiger partial charge in [-0.05, 0) is 17.7 Å². The van der Waals surface area contributed by atoms with Gasteiger partial charge in [0.1, 0.15) is 0 Å². The highest BCUT2D eigenvalue weighted by Crippen LogP contribution is 2.35. The van der Waals surface area contributed by atoms with Crippen molar-refractivity contribution in [3.63, 3.8) is 0 Å². The van der Waals surface area contributed by atoms with Crippen LogP contribution in [-0.4, -0.2) is 9.85 Å². The number of halogens is 1. The summed E-state index contributed by atoms with van der Waals surface area (Å²) in [5.41, 5.74) is 0.994. The lowest BCUT2D eigenvalue weighted by molar-refractivity contribution is 0.279. The minimum atomic E-state index is 0.103. The zero-order valence-corrected chi connectivity index (χ0v) is 11.1. The van der Waals surface area contributed by atoms with Crippen LogP contribution >= 0.6 is 27.7 Å². The summed E-state index contributed by atoms with van der Waals surface area (Å²) >= 11 is 5.21. The first kappa shape index (κ1) is 12.1. The summed E-state index contributed by atoms with van der Waals surface area (Å²) in [5.74, 6) is 0. The quantitative estimate of drug-likeness (QED) is 0.828. The number of benzene rings is 1. The molecule has 1 aromatic carbocycles. The van der Waals surface area contributed by atoms with E-state index < -0.39 is 0 Å². The molecule has 3 heteroatoms. The highest BCUT2D eigenvalue weighted by Gasteiger charge is 2.14. The maximum atomic E-state index is 9.18. The van der Waals surface area contributed by atoms with Gasteiger partial charge in [-0.2, -0.15) is 0 Å². The van der Waals surface area contributed by atoms with Crippen LogP contribution in [0, 0.1) is 0 Å². The van der Waals surface area contributed by atoms with Gasteiger partial charge in [0.05, 0.1) is 6.61 Å². The Morgan fingerprint density at radius 2 is 2.00 bits per heavy atom. The molecule has 0 aliphatic carbocycles. The molecule has 0 aromatic heterocycles. The fourth-order valence-corrected chi connectivity index (χ4v) is 2.71. The number of aliphatic hydroxyl groups is 1. The van der Waals surface area contributed by atoms with Crippen molar-refractivity contribution in [1.29, 1.82) is 0 Å². The molecule has 1 nitrogen and oxygen atoms in total. The molecule has 1 aromatic rings. The van der Waals surface area contributed by atoms with Crippen LogP contribution in [0.15, 0.2) is 27.6 Å². The van der Waals surface area contributed by atoms with Crippen LogP contribution in [0.4, 0.5) is 0 Å². The molecule has 14 heavy (non-hydrogen) atoms. The van der Waals surface area contributed by atoms with Gasteiger partial charge in [-0.25, -0.2) is 0 Å². The van der Waals surface area contributed by atoms with E-state index in [-0.39, 0.29) is 11.4 Å². The second-order valence-corrected chi connectivity index (χ2v) is 6.91. The van der Waals surface area contributed by atoms with Gasteiger partial charge in [-0.3, -0.25) is 0 Å². The molecule has 78 valence electrons. The number of hydrogen-bond acceptors (Lipinski definition) is 2. The lowest BCUT2D eigenvalue weighted by atomic mass is 10.2. The molecular formula is C11H15BrOS. The molecule has 0 aliphatic rings. The number of hydrogen-bond donors (Lipinski definition) is 1. The summed E-state index contributed by atoms with van der Waals surface area (Å²) < 4.78 is 1.23. The van der Waals surface area contributed by atoms with E-state index in [1.807, 2.05) is 12.1 Å². The molecular weight excluding hydrogens is 260 g/mol. The molecule has 0 heterocycles. The molecule has 0 bridgehead atoms. The van der Waals surface area contributed by atoms with E-state index in [2.05, 4.69) is 42.8 Å². The van der Waals surface area contributed by atoms with Crippen molar-refractivity contribution < 1.29 is 5.11 Å². The molecule has 0 radical (unpaired) electrons. The van der Waals surface area contributed by atoms with Gasteiger partial charge in [-0.1, -0.05) is 42.8 Å². The van der Waals surface area contributed by atoms with Crippen LogP contribution in [0.2, 0.25) is 0 Å². The van der Waals surface area contributed by atoms with Gasteiger partial charge in [-0.15, -0.1) is 11.8 Å². The fourth-order valence-electron chi connectivity index (χ4n) is 1.08. The van der Waals surface area contributed by atoms with Gasteiger partial charge in [0.2, 0.25) is 0 Å². The van der Waals surface area contributed by atoms with Crippen molar-refractivity contribution in [2.45, 2.75) is 37.0 Å². The first-order valence-electron chi connectivity index (χ1n) is 4.51. The van der Waals surface area contributed by atoms with Crippen molar-refractivity contribution in [1.82, 2.24) is 0 Å². The smallest absolute Gasteiger partial charge is 0.0692 e. The molecule has 1 N–H and O–H groups in total. The fraction of sp³-hybridized carbons (Fsp3) is 0.455. The molecule has 0 amide bonds. The number of thioether (sulfide) groups is 1. The lowest BCUT2D eigenvalue weighted by Gasteiger charge is -2.19. The van der Waals surface area contributed by atoms with E-state index in [0.29, 0.717) is 0 Å². The third kappa shape index (κ3) is 3.64. The molecule has 1 rings (SSSR count). The standard InChI is InChI=1S/C11H15BrOS/c1-11(2,3)14-10-6-9(12)5-4-8(10)7-13/h4-6,13H,7H2,1-3H3. The van der Waals surface area contributed by atoms with E-state index in [1.54, 1.807) is 11.8 Å². The normalized spacial score (nSPS) is 11.8. The minimum absolute atomic E-state index is 0.103. The predicted molar refractivity (Wildman–Crippen MR) is 65.7 cm³/mol. The van der Waals surface area contributed by atoms with Crippen LogP contribution in [0.3, 0.4) is 0 Å². The maximum Gasteiger partial charge on any atom is 0.0692 e. The Bertz CT molecular complexity index is 318. The van der Waals surface area contributed by atoms with E-state index in [4.69, 9.17) is 0 Å². The summed E-state index contributed by atoms with van der Waals surface area (Å²) in [4.78, 5) is 1.15. The minimum Gasteiger partial charge on any atom is -0.392 e. The van der Waals surface area contributed by atoms with Crippen molar-refractivity contribution in [3.05, 3.63) is 28.2 Å². The Balaban J connectivity index is 2.99. The zero-order valence-electron chi connectivity index (χ0n) is 8.67. The van der Waals surface area contributed by atoms with Crippen LogP contribution in [-0.2, 0) is 6.61 Å². The molecule has 0 saturated carbocycles. The summed E-state index contributed by atoms with van der Waals surface area (Å²) in [6, 6.07) is 5.97. The van der Waals surface area contributed by atoms with Crippen LogP contribution < -0.4 is 0 Å². The summed E-state index contributed by atoms with van der Waals surface area (Å²) in [7, 11) is 0. The zero-order chi connectivity index (χ0) is 10.8. The number of aliphatic hydroxyl groups excluding tert-OH is 1. The average Bonchev–Trinajstić information content (AvgIpc) is 2.01. The topological polar surface area (TPSA) is 20.2 Å².